The third-order valence-corrected chi connectivity index (χ3v) is 5.80. The van der Waals surface area contributed by atoms with Gasteiger partial charge in [-0.25, -0.2) is 0 Å². The van der Waals surface area contributed by atoms with Gasteiger partial charge in [-0.3, -0.25) is 4.90 Å². The lowest BCUT2D eigenvalue weighted by Crippen LogP contribution is -2.18. The van der Waals surface area contributed by atoms with Crippen LogP contribution in [0.5, 0.6) is 0 Å². The Labute approximate surface area is 137 Å². The molecule has 0 spiro atoms. The minimum Gasteiger partial charge on any atom is -0.278 e. The minimum absolute atomic E-state index is 0.523. The minimum atomic E-state index is -1.27. The lowest BCUT2D eigenvalue weighted by molar-refractivity contribution is 0.309. The number of nitrogens with zero attached hydrogens (tertiary/aromatic N) is 1. The highest BCUT2D eigenvalue weighted by Crippen LogP contribution is 2.42. The molecule has 2 aliphatic rings. The molecular formula is C20H29NSi. The maximum Gasteiger partial charge on any atom is 0.129 e. The van der Waals surface area contributed by atoms with Gasteiger partial charge in [0.1, 0.15) is 8.07 Å². The first kappa shape index (κ1) is 15.8. The first-order valence-electron chi connectivity index (χ1n) is 8.87. The van der Waals surface area contributed by atoms with Gasteiger partial charge in [-0.1, -0.05) is 75.2 Å². The summed E-state index contributed by atoms with van der Waals surface area (Å²) in [7, 11) is -1.27. The lowest BCUT2D eigenvalue weighted by atomic mass is 9.86. The topological polar surface area (TPSA) is 3.01 Å². The van der Waals surface area contributed by atoms with Crippen molar-refractivity contribution in [2.75, 3.05) is 0 Å². The molecule has 1 aliphatic carbocycles. The number of hydrogen-bond acceptors (Lipinski definition) is 1. The number of hydrogen-bond donors (Lipinski definition) is 0. The van der Waals surface area contributed by atoms with Crippen molar-refractivity contribution < 1.29 is 0 Å². The van der Waals surface area contributed by atoms with Crippen molar-refractivity contribution in [2.45, 2.75) is 70.4 Å². The second-order valence-corrected chi connectivity index (χ2v) is 12.8. The Morgan fingerprint density at radius 2 is 1.73 bits per heavy atom. The van der Waals surface area contributed by atoms with Crippen LogP contribution in [0.15, 0.2) is 30.3 Å². The van der Waals surface area contributed by atoms with Gasteiger partial charge in [-0.2, -0.15) is 0 Å². The third kappa shape index (κ3) is 4.03. The Bertz CT molecular complexity index is 543. The van der Waals surface area contributed by atoms with Crippen LogP contribution in [-0.2, 0) is 6.54 Å². The SMILES string of the molecule is C[Si](C)(C)C#CC1C(C2CCCCC2)N1Cc1ccccc1. The highest BCUT2D eigenvalue weighted by atomic mass is 28.3. The highest BCUT2D eigenvalue weighted by molar-refractivity contribution is 6.83. The van der Waals surface area contributed by atoms with Crippen molar-refractivity contribution in [2.24, 2.45) is 5.92 Å². The normalized spacial score (nSPS) is 28.8. The van der Waals surface area contributed by atoms with Crippen LogP contribution in [0.25, 0.3) is 0 Å². The van der Waals surface area contributed by atoms with E-state index in [0.717, 1.165) is 18.5 Å². The molecule has 2 fully saturated rings. The molecule has 1 nitrogen and oxygen atoms in total. The molecule has 1 saturated carbocycles. The Hall–Kier alpha value is -1.04. The monoisotopic (exact) mass is 311 g/mol. The van der Waals surface area contributed by atoms with E-state index < -0.39 is 8.07 Å². The molecule has 3 unspecified atom stereocenters. The second kappa shape index (κ2) is 6.60. The summed E-state index contributed by atoms with van der Waals surface area (Å²) in [6.45, 7) is 8.12. The summed E-state index contributed by atoms with van der Waals surface area (Å²) in [4.78, 5) is 2.65. The number of rotatable bonds is 3. The van der Waals surface area contributed by atoms with Crippen LogP contribution in [0.1, 0.15) is 37.7 Å². The summed E-state index contributed by atoms with van der Waals surface area (Å²) in [6, 6.07) is 12.2. The van der Waals surface area contributed by atoms with E-state index in [9.17, 15) is 0 Å². The molecule has 0 aromatic heterocycles. The summed E-state index contributed by atoms with van der Waals surface area (Å²) in [5, 5.41) is 0. The van der Waals surface area contributed by atoms with Crippen molar-refractivity contribution in [1.82, 2.24) is 4.90 Å². The Morgan fingerprint density at radius 1 is 1.05 bits per heavy atom. The van der Waals surface area contributed by atoms with E-state index in [1.165, 1.54) is 37.7 Å². The molecule has 3 atom stereocenters. The zero-order valence-electron chi connectivity index (χ0n) is 14.3. The van der Waals surface area contributed by atoms with Gasteiger partial charge in [0.05, 0.1) is 6.04 Å². The highest BCUT2D eigenvalue weighted by Gasteiger charge is 2.50. The van der Waals surface area contributed by atoms with Crippen molar-refractivity contribution in [3.8, 4) is 11.5 Å². The van der Waals surface area contributed by atoms with Gasteiger partial charge in [0.2, 0.25) is 0 Å². The zero-order valence-corrected chi connectivity index (χ0v) is 15.3. The molecule has 1 aliphatic heterocycles. The molecule has 22 heavy (non-hydrogen) atoms. The largest absolute Gasteiger partial charge is 0.278 e. The fourth-order valence-electron chi connectivity index (χ4n) is 3.76. The summed E-state index contributed by atoms with van der Waals surface area (Å²) in [5.74, 6) is 4.54. The lowest BCUT2D eigenvalue weighted by Gasteiger charge is -2.21. The predicted molar refractivity (Wildman–Crippen MR) is 97.3 cm³/mol. The Kier molecular flexibility index (Phi) is 4.75. The van der Waals surface area contributed by atoms with E-state index in [1.807, 2.05) is 0 Å². The van der Waals surface area contributed by atoms with Gasteiger partial charge >= 0.3 is 0 Å². The van der Waals surface area contributed by atoms with Gasteiger partial charge in [0, 0.05) is 12.6 Å². The molecule has 0 amide bonds. The smallest absolute Gasteiger partial charge is 0.129 e. The first-order valence-corrected chi connectivity index (χ1v) is 12.4. The molecule has 118 valence electrons. The molecule has 0 bridgehead atoms. The van der Waals surface area contributed by atoms with Crippen molar-refractivity contribution >= 4 is 8.07 Å². The van der Waals surface area contributed by atoms with Crippen molar-refractivity contribution in [3.63, 3.8) is 0 Å². The van der Waals surface area contributed by atoms with E-state index in [4.69, 9.17) is 0 Å². The zero-order chi connectivity index (χ0) is 15.6. The molecular weight excluding hydrogens is 282 g/mol. The molecule has 1 aromatic rings. The average Bonchev–Trinajstić information content (AvgIpc) is 3.19. The second-order valence-electron chi connectivity index (χ2n) is 8.01. The van der Waals surface area contributed by atoms with Crippen molar-refractivity contribution in [1.29, 1.82) is 0 Å². The molecule has 1 aromatic carbocycles. The van der Waals surface area contributed by atoms with Gasteiger partial charge in [-0.05, 0) is 24.3 Å². The number of benzene rings is 1. The fourth-order valence-corrected chi connectivity index (χ4v) is 4.34. The standard InChI is InChI=1S/C20H29NSi/c1-22(2,3)15-14-19-20(18-12-8-5-9-13-18)21(19)16-17-10-6-4-7-11-17/h4,6-7,10-11,18-20H,5,8-9,12-13,16H2,1-3H3. The quantitative estimate of drug-likeness (QED) is 0.444. The molecule has 3 rings (SSSR count). The molecule has 0 radical (unpaired) electrons. The predicted octanol–water partition coefficient (Wildman–Crippen LogP) is 4.70. The average molecular weight is 312 g/mol. The molecule has 1 saturated heterocycles. The van der Waals surface area contributed by atoms with E-state index in [1.54, 1.807) is 0 Å². The Morgan fingerprint density at radius 3 is 2.36 bits per heavy atom. The van der Waals surface area contributed by atoms with Crippen LogP contribution in [0.3, 0.4) is 0 Å². The summed E-state index contributed by atoms with van der Waals surface area (Å²) in [6.07, 6.45) is 7.12. The van der Waals surface area contributed by atoms with Crippen LogP contribution in [0, 0.1) is 17.4 Å². The van der Waals surface area contributed by atoms with E-state index in [-0.39, 0.29) is 0 Å². The van der Waals surface area contributed by atoms with E-state index in [2.05, 4.69) is 66.3 Å². The van der Waals surface area contributed by atoms with E-state index in [0.29, 0.717) is 6.04 Å². The van der Waals surface area contributed by atoms with Crippen LogP contribution in [0.2, 0.25) is 19.6 Å². The first-order chi connectivity index (χ1) is 10.5. The maximum atomic E-state index is 3.65. The van der Waals surface area contributed by atoms with Gasteiger partial charge < -0.3 is 0 Å². The molecule has 2 heteroatoms. The van der Waals surface area contributed by atoms with Gasteiger partial charge in [0.25, 0.3) is 0 Å². The molecule has 1 heterocycles. The van der Waals surface area contributed by atoms with Gasteiger partial charge in [-0.15, -0.1) is 5.54 Å². The van der Waals surface area contributed by atoms with Crippen LogP contribution < -0.4 is 0 Å². The summed E-state index contributed by atoms with van der Waals surface area (Å²) in [5.41, 5.74) is 5.05. The summed E-state index contributed by atoms with van der Waals surface area (Å²) >= 11 is 0. The van der Waals surface area contributed by atoms with Crippen LogP contribution in [-0.4, -0.2) is 25.1 Å². The third-order valence-electron chi connectivity index (χ3n) is 4.91. The van der Waals surface area contributed by atoms with Crippen LogP contribution in [0.4, 0.5) is 0 Å². The van der Waals surface area contributed by atoms with Crippen molar-refractivity contribution in [3.05, 3.63) is 35.9 Å². The summed E-state index contributed by atoms with van der Waals surface area (Å²) < 4.78 is 0. The maximum absolute atomic E-state index is 3.65. The van der Waals surface area contributed by atoms with Crippen LogP contribution >= 0.6 is 0 Å². The fraction of sp³-hybridized carbons (Fsp3) is 0.600. The molecule has 0 N–H and O–H groups in total. The Balaban J connectivity index is 1.71. The van der Waals surface area contributed by atoms with E-state index >= 15 is 0 Å². The van der Waals surface area contributed by atoms with Gasteiger partial charge in [0.15, 0.2) is 0 Å².